The van der Waals surface area contributed by atoms with Gasteiger partial charge in [-0.25, -0.2) is 0 Å². The number of hydrogen-bond donors (Lipinski definition) is 2. The Morgan fingerprint density at radius 1 is 1.33 bits per heavy atom. The average Bonchev–Trinajstić information content (AvgIpc) is 1.85. The molecule has 0 spiro atoms. The van der Waals surface area contributed by atoms with Gasteiger partial charge in [0.1, 0.15) is 0 Å². The van der Waals surface area contributed by atoms with Gasteiger partial charge < -0.3 is 10.2 Å². The Labute approximate surface area is 45.9 Å². The number of aliphatic hydroxyl groups excluding tert-OH is 1. The van der Waals surface area contributed by atoms with E-state index < -0.39 is 25.9 Å². The summed E-state index contributed by atoms with van der Waals surface area (Å²) in [5, 5.41) is 17.0. The van der Waals surface area contributed by atoms with Crippen LogP contribution in [0.2, 0.25) is 0 Å². The minimum atomic E-state index is -3.32. The topological polar surface area (TPSA) is 40.5 Å². The van der Waals surface area contributed by atoms with Crippen LogP contribution in [0, 0.1) is 0 Å². The zero-order valence-corrected chi connectivity index (χ0v) is 3.10. The molecular weight excluding hydrogens is 80.0 g/mol. The van der Waals surface area contributed by atoms with Crippen molar-refractivity contribution in [3.8, 4) is 0 Å². The summed E-state index contributed by atoms with van der Waals surface area (Å²) in [5.74, 6) is 0. The first-order chi connectivity index (χ1) is 5.06. The Bertz CT molecular complexity index is 161. The molecule has 0 unspecified atom stereocenters. The largest absolute Gasteiger partial charge is 0.396 e. The van der Waals surface area contributed by atoms with Crippen LogP contribution >= 0.6 is 0 Å². The second-order valence-corrected chi connectivity index (χ2v) is 0.572. The summed E-state index contributed by atoms with van der Waals surface area (Å²) in [4.78, 5) is 0. The van der Waals surface area contributed by atoms with Gasteiger partial charge in [-0.2, -0.15) is 0 Å². The van der Waals surface area contributed by atoms with Crippen molar-refractivity contribution in [2.45, 2.75) is 12.7 Å². The highest BCUT2D eigenvalue weighted by Crippen LogP contribution is 1.80. The van der Waals surface area contributed by atoms with Crippen molar-refractivity contribution in [3.63, 3.8) is 0 Å². The van der Waals surface area contributed by atoms with E-state index in [0.717, 1.165) is 0 Å². The number of rotatable bonds is 3. The van der Waals surface area contributed by atoms with E-state index in [4.69, 9.17) is 18.4 Å². The van der Waals surface area contributed by atoms with E-state index in [1.165, 1.54) is 0 Å². The van der Waals surface area contributed by atoms with Crippen LogP contribution in [0.15, 0.2) is 0 Å². The third kappa shape index (κ3) is 3.92. The van der Waals surface area contributed by atoms with Crippen LogP contribution in [0.25, 0.3) is 0 Å². The lowest BCUT2D eigenvalue weighted by Crippen LogP contribution is -1.85. The van der Waals surface area contributed by atoms with E-state index in [1.54, 1.807) is 0 Å². The molecule has 2 N–H and O–H groups in total. The standard InChI is InChI=1S/C4H10O2/c5-3-1-2-4-6/h5-6H,1-4H2/i1D2,2D2,3D2. The van der Waals surface area contributed by atoms with Crippen molar-refractivity contribution in [3.05, 3.63) is 0 Å². The van der Waals surface area contributed by atoms with Crippen molar-refractivity contribution in [1.82, 2.24) is 0 Å². The van der Waals surface area contributed by atoms with Crippen LogP contribution in [0.3, 0.4) is 0 Å². The molecule has 0 aliphatic rings. The predicted octanol–water partition coefficient (Wildman–Crippen LogP) is -0.249. The molecule has 0 radical (unpaired) electrons. The maximum Gasteiger partial charge on any atom is 0.0564 e. The van der Waals surface area contributed by atoms with E-state index in [0.29, 0.717) is 0 Å². The summed E-state index contributed by atoms with van der Waals surface area (Å²) in [6.07, 6.45) is -5.96. The second-order valence-electron chi connectivity index (χ2n) is 0.572. The number of hydrogen-bond acceptors (Lipinski definition) is 2. The smallest absolute Gasteiger partial charge is 0.0564 e. The van der Waals surface area contributed by atoms with Crippen molar-refractivity contribution in [2.75, 3.05) is 13.2 Å². The van der Waals surface area contributed by atoms with Crippen LogP contribution in [-0.4, -0.2) is 23.4 Å². The Morgan fingerprint density at radius 3 is 2.17 bits per heavy atom. The van der Waals surface area contributed by atoms with E-state index in [1.807, 2.05) is 0 Å². The molecule has 0 aliphatic heterocycles. The second kappa shape index (κ2) is 4.92. The molecule has 0 aromatic rings. The van der Waals surface area contributed by atoms with Crippen molar-refractivity contribution in [2.24, 2.45) is 0 Å². The highest BCUT2D eigenvalue weighted by Gasteiger charge is 1.77. The summed E-state index contributed by atoms with van der Waals surface area (Å²) < 4.78 is 40.7. The summed E-state index contributed by atoms with van der Waals surface area (Å²) in [6, 6.07) is 0. The van der Waals surface area contributed by atoms with Gasteiger partial charge in [-0.05, 0) is 12.7 Å². The van der Waals surface area contributed by atoms with Gasteiger partial charge in [-0.1, -0.05) is 0 Å². The zero-order chi connectivity index (χ0) is 10.2. The fourth-order valence-electron chi connectivity index (χ4n) is 0.0791. The number of aliphatic hydroxyl groups is 2. The molecule has 0 atom stereocenters. The zero-order valence-electron chi connectivity index (χ0n) is 9.10. The molecule has 0 saturated heterocycles. The first-order valence-electron chi connectivity index (χ1n) is 4.39. The van der Waals surface area contributed by atoms with Crippen molar-refractivity contribution >= 4 is 0 Å². The Kier molecular flexibility index (Phi) is 0.985. The quantitative estimate of drug-likeness (QED) is 0.508. The SMILES string of the molecule is [2H]C([2H])(O)C([2H])([2H])C([2H])([2H])CO. The monoisotopic (exact) mass is 96.1 g/mol. The maximum atomic E-state index is 8.62. The van der Waals surface area contributed by atoms with Crippen LogP contribution in [0.4, 0.5) is 0 Å². The third-order valence-electron chi connectivity index (χ3n) is 0.223. The van der Waals surface area contributed by atoms with E-state index in [2.05, 4.69) is 0 Å². The molecule has 0 amide bonds. The molecule has 0 heterocycles. The minimum Gasteiger partial charge on any atom is -0.396 e. The van der Waals surface area contributed by atoms with Gasteiger partial charge in [0.05, 0.1) is 2.74 Å². The summed E-state index contributed by atoms with van der Waals surface area (Å²) in [6.45, 7) is -4.51. The minimum absolute atomic E-state index is 1.19. The molecule has 0 aliphatic carbocycles. The first kappa shape index (κ1) is 1.20. The fourth-order valence-corrected chi connectivity index (χ4v) is 0.0791. The molecule has 2 heteroatoms. The molecule has 2 nitrogen and oxygen atoms in total. The van der Waals surface area contributed by atoms with Gasteiger partial charge in [0.2, 0.25) is 0 Å². The lowest BCUT2D eigenvalue weighted by molar-refractivity contribution is 0.242. The summed E-state index contributed by atoms with van der Waals surface area (Å²) >= 11 is 0. The molecule has 38 valence electrons. The molecular formula is C4H10O2. The lowest BCUT2D eigenvalue weighted by Gasteiger charge is -1.85. The predicted molar refractivity (Wildman–Crippen MR) is 23.4 cm³/mol. The van der Waals surface area contributed by atoms with Gasteiger partial charge in [0.15, 0.2) is 0 Å². The van der Waals surface area contributed by atoms with E-state index in [-0.39, 0.29) is 0 Å². The molecule has 0 bridgehead atoms. The molecule has 0 aromatic carbocycles. The summed E-state index contributed by atoms with van der Waals surface area (Å²) in [5.41, 5.74) is 0. The molecule has 0 aromatic heterocycles. The summed E-state index contributed by atoms with van der Waals surface area (Å²) in [7, 11) is 0. The van der Waals surface area contributed by atoms with Crippen LogP contribution in [-0.2, 0) is 0 Å². The molecule has 0 saturated carbocycles. The highest BCUT2D eigenvalue weighted by atomic mass is 16.3. The van der Waals surface area contributed by atoms with E-state index >= 15 is 0 Å². The Hall–Kier alpha value is -0.0800. The Balaban J connectivity index is 4.85. The van der Waals surface area contributed by atoms with Gasteiger partial charge in [-0.15, -0.1) is 0 Å². The average molecular weight is 96.2 g/mol. The molecule has 0 fully saturated rings. The van der Waals surface area contributed by atoms with Gasteiger partial charge in [0, 0.05) is 18.6 Å². The van der Waals surface area contributed by atoms with Gasteiger partial charge in [-0.3, -0.25) is 0 Å². The molecule has 0 rings (SSSR count). The van der Waals surface area contributed by atoms with Crippen LogP contribution < -0.4 is 0 Å². The van der Waals surface area contributed by atoms with Crippen molar-refractivity contribution in [1.29, 1.82) is 0 Å². The molecule has 6 heavy (non-hydrogen) atoms. The van der Waals surface area contributed by atoms with Crippen LogP contribution in [0.1, 0.15) is 21.0 Å². The fraction of sp³-hybridized carbons (Fsp3) is 1.00. The highest BCUT2D eigenvalue weighted by molar-refractivity contribution is 4.30. The van der Waals surface area contributed by atoms with Crippen LogP contribution in [0.5, 0.6) is 0 Å². The van der Waals surface area contributed by atoms with Gasteiger partial charge in [0.25, 0.3) is 0 Å². The third-order valence-corrected chi connectivity index (χ3v) is 0.223. The lowest BCUT2D eigenvalue weighted by atomic mass is 10.3. The van der Waals surface area contributed by atoms with Gasteiger partial charge >= 0.3 is 0 Å². The van der Waals surface area contributed by atoms with E-state index in [9.17, 15) is 0 Å². The Morgan fingerprint density at radius 2 is 2.00 bits per heavy atom. The van der Waals surface area contributed by atoms with Crippen molar-refractivity contribution < 1.29 is 18.4 Å². The normalized spacial score (nSPS) is 31.0. The first-order valence-corrected chi connectivity index (χ1v) is 1.39. The maximum absolute atomic E-state index is 8.62.